The van der Waals surface area contributed by atoms with Crippen molar-refractivity contribution in [3.05, 3.63) is 54.1 Å². The predicted octanol–water partition coefficient (Wildman–Crippen LogP) is 5.25. The third-order valence-electron chi connectivity index (χ3n) is 2.79. The number of hydrogen-bond acceptors (Lipinski definition) is 2. The summed E-state index contributed by atoms with van der Waals surface area (Å²) in [5.41, 5.74) is -0.901. The number of rotatable bonds is 3. The molecule has 0 bridgehead atoms. The number of alkyl halides is 6. The number of halogens is 6. The normalized spacial score (nSPS) is 11.8. The van der Waals surface area contributed by atoms with Gasteiger partial charge < -0.3 is 15.4 Å². The number of amides is 2. The Balaban J connectivity index is 1.99. The zero-order valence-corrected chi connectivity index (χ0v) is 12.2. The summed E-state index contributed by atoms with van der Waals surface area (Å²) in [6.45, 7) is 0. The first-order valence-corrected chi connectivity index (χ1v) is 6.64. The molecule has 0 aliphatic rings. The summed E-state index contributed by atoms with van der Waals surface area (Å²) in [6, 6.07) is 7.38. The van der Waals surface area contributed by atoms with E-state index in [1.54, 1.807) is 0 Å². The SMILES string of the molecule is O=C(Nc1ccc(OC(F)(F)F)cc1)Nc1cccc(C(F)(F)F)c1. The molecule has 134 valence electrons. The fraction of sp³-hybridized carbons (Fsp3) is 0.133. The van der Waals surface area contributed by atoms with E-state index in [1.807, 2.05) is 0 Å². The van der Waals surface area contributed by atoms with Gasteiger partial charge in [-0.2, -0.15) is 13.2 Å². The highest BCUT2D eigenvalue weighted by Gasteiger charge is 2.31. The molecule has 0 heterocycles. The third-order valence-corrected chi connectivity index (χ3v) is 2.79. The number of anilines is 2. The minimum absolute atomic E-state index is 0.0932. The molecular formula is C15H10F6N2O2. The van der Waals surface area contributed by atoms with E-state index in [9.17, 15) is 31.1 Å². The van der Waals surface area contributed by atoms with Crippen LogP contribution in [0.2, 0.25) is 0 Å². The van der Waals surface area contributed by atoms with Gasteiger partial charge in [0.15, 0.2) is 0 Å². The summed E-state index contributed by atoms with van der Waals surface area (Å²) >= 11 is 0. The largest absolute Gasteiger partial charge is 0.573 e. The maximum absolute atomic E-state index is 12.6. The van der Waals surface area contributed by atoms with Crippen LogP contribution in [0.25, 0.3) is 0 Å². The van der Waals surface area contributed by atoms with Crippen LogP contribution < -0.4 is 15.4 Å². The summed E-state index contributed by atoms with van der Waals surface area (Å²) in [5, 5.41) is 4.47. The first-order valence-electron chi connectivity index (χ1n) is 6.64. The van der Waals surface area contributed by atoms with Crippen LogP contribution in [0.1, 0.15) is 5.56 Å². The van der Waals surface area contributed by atoms with Gasteiger partial charge in [-0.15, -0.1) is 13.2 Å². The lowest BCUT2D eigenvalue weighted by Gasteiger charge is -2.12. The molecule has 2 aromatic rings. The average molecular weight is 364 g/mol. The number of hydrogen-bond donors (Lipinski definition) is 2. The standard InChI is InChI=1S/C15H10F6N2O2/c16-14(17,18)9-2-1-3-11(8-9)23-13(24)22-10-4-6-12(7-5-10)25-15(19,20)21/h1-8H,(H2,22,23,24). The Morgan fingerprint density at radius 3 is 2.00 bits per heavy atom. The topological polar surface area (TPSA) is 50.4 Å². The number of ether oxygens (including phenoxy) is 1. The van der Waals surface area contributed by atoms with E-state index < -0.39 is 29.9 Å². The van der Waals surface area contributed by atoms with Crippen LogP contribution in [0.15, 0.2) is 48.5 Å². The highest BCUT2D eigenvalue weighted by Crippen LogP contribution is 2.30. The maximum Gasteiger partial charge on any atom is 0.573 e. The predicted molar refractivity (Wildman–Crippen MR) is 77.2 cm³/mol. The minimum atomic E-state index is -4.84. The Hall–Kier alpha value is -2.91. The van der Waals surface area contributed by atoms with Gasteiger partial charge >= 0.3 is 18.6 Å². The number of nitrogens with one attached hydrogen (secondary N) is 2. The van der Waals surface area contributed by atoms with E-state index in [1.165, 1.54) is 6.07 Å². The van der Waals surface area contributed by atoms with Crippen molar-refractivity contribution in [3.63, 3.8) is 0 Å². The lowest BCUT2D eigenvalue weighted by atomic mass is 10.2. The number of carbonyl (C=O) groups excluding carboxylic acids is 1. The van der Waals surface area contributed by atoms with E-state index in [2.05, 4.69) is 15.4 Å². The van der Waals surface area contributed by atoms with Crippen LogP contribution in [0.5, 0.6) is 5.75 Å². The quantitative estimate of drug-likeness (QED) is 0.731. The Kier molecular flexibility index (Phi) is 5.10. The molecule has 10 heteroatoms. The molecular weight excluding hydrogens is 354 g/mol. The van der Waals surface area contributed by atoms with Gasteiger partial charge in [0.1, 0.15) is 5.75 Å². The molecule has 0 radical (unpaired) electrons. The number of benzene rings is 2. The van der Waals surface area contributed by atoms with Crippen molar-refractivity contribution < 1.29 is 35.9 Å². The molecule has 0 aliphatic carbocycles. The van der Waals surface area contributed by atoms with Crippen molar-refractivity contribution in [2.75, 3.05) is 10.6 Å². The molecule has 2 N–H and O–H groups in total. The second kappa shape index (κ2) is 6.91. The third kappa shape index (κ3) is 5.90. The van der Waals surface area contributed by atoms with Crippen molar-refractivity contribution in [2.45, 2.75) is 12.5 Å². The summed E-state index contributed by atoms with van der Waals surface area (Å²) in [5.74, 6) is -0.476. The Labute approximate surface area is 137 Å². The van der Waals surface area contributed by atoms with Gasteiger partial charge in [-0.25, -0.2) is 4.79 Å². The molecule has 0 fully saturated rings. The molecule has 0 aliphatic heterocycles. The molecule has 2 amide bonds. The summed E-state index contributed by atoms with van der Waals surface area (Å²) in [4.78, 5) is 11.7. The molecule has 25 heavy (non-hydrogen) atoms. The van der Waals surface area contributed by atoms with Crippen molar-refractivity contribution in [3.8, 4) is 5.75 Å². The Morgan fingerprint density at radius 2 is 1.44 bits per heavy atom. The van der Waals surface area contributed by atoms with E-state index >= 15 is 0 Å². The monoisotopic (exact) mass is 364 g/mol. The Morgan fingerprint density at radius 1 is 0.840 bits per heavy atom. The zero-order valence-electron chi connectivity index (χ0n) is 12.2. The molecule has 0 unspecified atom stereocenters. The second-order valence-electron chi connectivity index (χ2n) is 4.73. The molecule has 2 rings (SSSR count). The van der Waals surface area contributed by atoms with Crippen molar-refractivity contribution in [1.82, 2.24) is 0 Å². The van der Waals surface area contributed by atoms with Gasteiger partial charge in [-0.3, -0.25) is 0 Å². The molecule has 0 spiro atoms. The highest BCUT2D eigenvalue weighted by molar-refractivity contribution is 5.99. The average Bonchev–Trinajstić information content (AvgIpc) is 2.47. The Bertz CT molecular complexity index is 741. The van der Waals surface area contributed by atoms with Gasteiger partial charge in [0.05, 0.1) is 5.56 Å². The van der Waals surface area contributed by atoms with Crippen LogP contribution >= 0.6 is 0 Å². The van der Waals surface area contributed by atoms with E-state index in [0.29, 0.717) is 0 Å². The summed E-state index contributed by atoms with van der Waals surface area (Å²) < 4.78 is 77.5. The summed E-state index contributed by atoms with van der Waals surface area (Å²) in [7, 11) is 0. The molecule has 0 aromatic heterocycles. The molecule has 4 nitrogen and oxygen atoms in total. The van der Waals surface area contributed by atoms with E-state index in [4.69, 9.17) is 0 Å². The highest BCUT2D eigenvalue weighted by atomic mass is 19.4. The van der Waals surface area contributed by atoms with Gasteiger partial charge in [-0.1, -0.05) is 6.07 Å². The first kappa shape index (κ1) is 18.4. The summed E-state index contributed by atoms with van der Waals surface area (Å²) in [6.07, 6.45) is -9.39. The van der Waals surface area contributed by atoms with E-state index in [0.717, 1.165) is 42.5 Å². The van der Waals surface area contributed by atoms with Gasteiger partial charge in [-0.05, 0) is 42.5 Å². The van der Waals surface area contributed by atoms with Gasteiger partial charge in [0.25, 0.3) is 0 Å². The fourth-order valence-corrected chi connectivity index (χ4v) is 1.81. The number of carbonyl (C=O) groups is 1. The van der Waals surface area contributed by atoms with Gasteiger partial charge in [0.2, 0.25) is 0 Å². The van der Waals surface area contributed by atoms with Crippen LogP contribution in [-0.2, 0) is 6.18 Å². The minimum Gasteiger partial charge on any atom is -0.406 e. The van der Waals surface area contributed by atoms with Crippen molar-refractivity contribution in [2.24, 2.45) is 0 Å². The smallest absolute Gasteiger partial charge is 0.406 e. The van der Waals surface area contributed by atoms with Gasteiger partial charge in [0, 0.05) is 11.4 Å². The lowest BCUT2D eigenvalue weighted by Crippen LogP contribution is -2.20. The van der Waals surface area contributed by atoms with Crippen LogP contribution in [-0.4, -0.2) is 12.4 Å². The van der Waals surface area contributed by atoms with E-state index in [-0.39, 0.29) is 11.4 Å². The number of urea groups is 1. The molecule has 0 saturated carbocycles. The van der Waals surface area contributed by atoms with Crippen LogP contribution in [0, 0.1) is 0 Å². The second-order valence-corrected chi connectivity index (χ2v) is 4.73. The van der Waals surface area contributed by atoms with Crippen LogP contribution in [0.3, 0.4) is 0 Å². The van der Waals surface area contributed by atoms with Crippen molar-refractivity contribution in [1.29, 1.82) is 0 Å². The molecule has 0 saturated heterocycles. The molecule has 0 atom stereocenters. The lowest BCUT2D eigenvalue weighted by molar-refractivity contribution is -0.274. The van der Waals surface area contributed by atoms with Crippen molar-refractivity contribution >= 4 is 17.4 Å². The van der Waals surface area contributed by atoms with Crippen LogP contribution in [0.4, 0.5) is 42.5 Å². The first-order chi connectivity index (χ1) is 11.5. The maximum atomic E-state index is 12.6. The zero-order chi connectivity index (χ0) is 18.7. The molecule has 2 aromatic carbocycles. The fourth-order valence-electron chi connectivity index (χ4n) is 1.81.